The molecular formula is C30H31F2N9O6S. The maximum Gasteiger partial charge on any atom is 0.338 e. The van der Waals surface area contributed by atoms with E-state index in [-0.39, 0.29) is 29.1 Å². The third-order valence-electron chi connectivity index (χ3n) is 8.61. The van der Waals surface area contributed by atoms with Crippen LogP contribution >= 0.6 is 0 Å². The number of carboxylic acids is 1. The molecule has 2 aromatic heterocycles. The zero-order valence-electron chi connectivity index (χ0n) is 26.0. The molecule has 6 rings (SSSR count). The summed E-state index contributed by atoms with van der Waals surface area (Å²) < 4.78 is 57.4. The Morgan fingerprint density at radius 3 is 2.25 bits per heavy atom. The van der Waals surface area contributed by atoms with Crippen molar-refractivity contribution in [2.24, 2.45) is 5.73 Å². The molecule has 48 heavy (non-hydrogen) atoms. The van der Waals surface area contributed by atoms with Crippen molar-refractivity contribution in [3.63, 3.8) is 0 Å². The minimum atomic E-state index is -4.43. The summed E-state index contributed by atoms with van der Waals surface area (Å²) in [4.78, 5) is 41.7. The first kappa shape index (κ1) is 32.7. The molecule has 1 saturated heterocycles. The van der Waals surface area contributed by atoms with Gasteiger partial charge in [-0.1, -0.05) is 0 Å². The third kappa shape index (κ3) is 5.67. The highest BCUT2D eigenvalue weighted by atomic mass is 32.2. The van der Waals surface area contributed by atoms with Crippen LogP contribution in [0.15, 0.2) is 47.6 Å². The molecule has 0 atom stereocenters. The van der Waals surface area contributed by atoms with Crippen LogP contribution in [0.4, 0.5) is 20.3 Å². The minimum absolute atomic E-state index is 0.0430. The summed E-state index contributed by atoms with van der Waals surface area (Å²) >= 11 is 0. The lowest BCUT2D eigenvalue weighted by atomic mass is 10.0. The Balaban J connectivity index is 1.38. The summed E-state index contributed by atoms with van der Waals surface area (Å²) in [5, 5.41) is 23.3. The van der Waals surface area contributed by atoms with Gasteiger partial charge in [0, 0.05) is 50.6 Å². The van der Waals surface area contributed by atoms with Crippen molar-refractivity contribution >= 4 is 39.3 Å². The Labute approximate surface area is 273 Å². The maximum absolute atomic E-state index is 14.0. The van der Waals surface area contributed by atoms with E-state index >= 15 is 0 Å². The van der Waals surface area contributed by atoms with Crippen LogP contribution < -0.4 is 16.0 Å². The lowest BCUT2D eigenvalue weighted by molar-refractivity contribution is 0.0696. The number of rotatable bonds is 8. The van der Waals surface area contributed by atoms with Gasteiger partial charge < -0.3 is 26.0 Å². The van der Waals surface area contributed by atoms with Crippen molar-refractivity contribution in [1.29, 1.82) is 0 Å². The predicted octanol–water partition coefficient (Wildman–Crippen LogP) is 2.11. The second kappa shape index (κ2) is 11.8. The van der Waals surface area contributed by atoms with Crippen LogP contribution in [0, 0.1) is 11.6 Å². The number of nitrogens with one attached hydrogen (secondary N) is 2. The summed E-state index contributed by atoms with van der Waals surface area (Å²) in [6.45, 7) is 5.37. The van der Waals surface area contributed by atoms with Crippen LogP contribution in [0.3, 0.4) is 0 Å². The fourth-order valence-corrected chi connectivity index (χ4v) is 7.75. The largest absolute Gasteiger partial charge is 0.478 e. The first-order valence-electron chi connectivity index (χ1n) is 14.7. The quantitative estimate of drug-likeness (QED) is 0.213. The number of anilines is 2. The van der Waals surface area contributed by atoms with Crippen LogP contribution in [0.1, 0.15) is 56.2 Å². The first-order valence-corrected chi connectivity index (χ1v) is 16.1. The number of carboxylic acid groups (broad SMARTS) is 1. The Bertz CT molecular complexity index is 2070. The van der Waals surface area contributed by atoms with E-state index in [0.717, 1.165) is 22.6 Å². The second-order valence-corrected chi connectivity index (χ2v) is 13.9. The summed E-state index contributed by atoms with van der Waals surface area (Å²) in [6.07, 6.45) is 2.44. The van der Waals surface area contributed by atoms with E-state index < -0.39 is 49.9 Å². The summed E-state index contributed by atoms with van der Waals surface area (Å²) in [6, 6.07) is 4.85. The number of fused-ring (bicyclic) bond motifs is 1. The minimum Gasteiger partial charge on any atom is -0.478 e. The number of aromatic nitrogens is 4. The number of H-pyrrole nitrogens is 1. The summed E-state index contributed by atoms with van der Waals surface area (Å²) in [5.41, 5.74) is 5.53. The fourth-order valence-electron chi connectivity index (χ4n) is 5.98. The van der Waals surface area contributed by atoms with Gasteiger partial charge in [-0.05, 0) is 45.2 Å². The van der Waals surface area contributed by atoms with E-state index in [0.29, 0.717) is 54.9 Å². The van der Waals surface area contributed by atoms with Crippen LogP contribution in [0.25, 0.3) is 5.69 Å². The van der Waals surface area contributed by atoms with Gasteiger partial charge in [-0.25, -0.2) is 26.7 Å². The van der Waals surface area contributed by atoms with E-state index in [1.807, 2.05) is 11.9 Å². The molecule has 0 aliphatic carbocycles. The molecule has 2 aromatic carbocycles. The number of likely N-dealkylation sites (N-methyl/N-ethyl adjacent to an activating group) is 1. The third-order valence-corrected chi connectivity index (χ3v) is 10.6. The molecule has 4 aromatic rings. The molecule has 2 amide bonds. The maximum atomic E-state index is 14.0. The molecule has 4 heterocycles. The van der Waals surface area contributed by atoms with E-state index in [1.54, 1.807) is 13.8 Å². The molecule has 252 valence electrons. The average Bonchev–Trinajstić information content (AvgIpc) is 3.73. The number of nitrogens with two attached hydrogens (primary N) is 1. The second-order valence-electron chi connectivity index (χ2n) is 12.1. The summed E-state index contributed by atoms with van der Waals surface area (Å²) in [5.74, 6) is -5.09. The highest BCUT2D eigenvalue weighted by Crippen LogP contribution is 2.44. The Morgan fingerprint density at radius 2 is 1.65 bits per heavy atom. The molecule has 0 saturated carbocycles. The van der Waals surface area contributed by atoms with Gasteiger partial charge in [0.05, 0.1) is 50.4 Å². The highest BCUT2D eigenvalue weighted by molar-refractivity contribution is 7.89. The normalized spacial score (nSPS) is 16.6. The number of halogens is 2. The van der Waals surface area contributed by atoms with Gasteiger partial charge in [0.15, 0.2) is 5.82 Å². The Hall–Kier alpha value is -5.20. The Morgan fingerprint density at radius 1 is 1.00 bits per heavy atom. The van der Waals surface area contributed by atoms with E-state index in [1.165, 1.54) is 23.0 Å². The molecule has 1 fully saturated rings. The zero-order valence-corrected chi connectivity index (χ0v) is 26.8. The van der Waals surface area contributed by atoms with Gasteiger partial charge in [0.1, 0.15) is 11.6 Å². The highest BCUT2D eigenvalue weighted by Gasteiger charge is 2.48. The van der Waals surface area contributed by atoms with Crippen molar-refractivity contribution < 1.29 is 36.7 Å². The first-order chi connectivity index (χ1) is 22.6. The van der Waals surface area contributed by atoms with Gasteiger partial charge >= 0.3 is 5.97 Å². The molecular weight excluding hydrogens is 652 g/mol. The van der Waals surface area contributed by atoms with Gasteiger partial charge in [-0.2, -0.15) is 14.5 Å². The summed E-state index contributed by atoms with van der Waals surface area (Å²) in [7, 11) is -2.46. The molecule has 0 bridgehead atoms. The lowest BCUT2D eigenvalue weighted by Gasteiger charge is -2.35. The molecule has 5 N–H and O–H groups in total. The number of primary amides is 1. The van der Waals surface area contributed by atoms with E-state index in [9.17, 15) is 36.7 Å². The predicted molar refractivity (Wildman–Crippen MR) is 167 cm³/mol. The molecule has 0 unspecified atom stereocenters. The average molecular weight is 684 g/mol. The number of piperazine rings is 1. The smallest absolute Gasteiger partial charge is 0.338 e. The number of aromatic carboxylic acids is 1. The van der Waals surface area contributed by atoms with Crippen molar-refractivity contribution in [2.75, 3.05) is 43.4 Å². The SMILES string of the molecule is CN1CCN(c2cc(C(N)=O)c(C(=O)Nc3n[nH]c4c3CN(S(=O)(=O)c3cc(F)cc(F)c3)C4(C)C)cc2-n2cc(C(=O)O)cn2)CC1. The zero-order chi connectivity index (χ0) is 34.7. The number of aromatic amines is 1. The molecule has 0 spiro atoms. The molecule has 15 nitrogen and oxygen atoms in total. The van der Waals surface area contributed by atoms with Crippen LogP contribution in [-0.4, -0.2) is 93.7 Å². The number of carbonyl (C=O) groups excluding carboxylic acids is 2. The van der Waals surface area contributed by atoms with Crippen LogP contribution in [-0.2, 0) is 22.1 Å². The molecule has 2 aliphatic rings. The van der Waals surface area contributed by atoms with E-state index in [4.69, 9.17) is 5.73 Å². The number of benzene rings is 2. The molecule has 18 heteroatoms. The van der Waals surface area contributed by atoms with Gasteiger partial charge in [-0.15, -0.1) is 0 Å². The molecule has 0 radical (unpaired) electrons. The monoisotopic (exact) mass is 683 g/mol. The Kier molecular flexibility index (Phi) is 8.04. The van der Waals surface area contributed by atoms with Crippen LogP contribution in [0.5, 0.6) is 0 Å². The van der Waals surface area contributed by atoms with Crippen LogP contribution in [0.2, 0.25) is 0 Å². The number of hydrogen-bond acceptors (Lipinski definition) is 9. The van der Waals surface area contributed by atoms with Crippen molar-refractivity contribution in [3.8, 4) is 5.69 Å². The van der Waals surface area contributed by atoms with Crippen molar-refractivity contribution in [2.45, 2.75) is 30.8 Å². The van der Waals surface area contributed by atoms with E-state index in [2.05, 4.69) is 25.5 Å². The number of hydrogen-bond donors (Lipinski definition) is 4. The van der Waals surface area contributed by atoms with Gasteiger partial charge in [-0.3, -0.25) is 14.7 Å². The van der Waals surface area contributed by atoms with Crippen molar-refractivity contribution in [3.05, 3.63) is 82.3 Å². The number of amides is 2. The van der Waals surface area contributed by atoms with Crippen molar-refractivity contribution in [1.82, 2.24) is 29.2 Å². The lowest BCUT2D eigenvalue weighted by Crippen LogP contribution is -2.45. The fraction of sp³-hybridized carbons (Fsp3) is 0.300. The number of carbonyl (C=O) groups is 3. The number of sulfonamides is 1. The molecule has 2 aliphatic heterocycles. The number of nitrogens with zero attached hydrogens (tertiary/aromatic N) is 6. The van der Waals surface area contributed by atoms with Gasteiger partial charge in [0.2, 0.25) is 15.9 Å². The standard InChI is InChI=1S/C30H31F2N9O6S/c1-30(2)25-22(15-41(30)48(46,47)19-9-17(31)8-18(32)10-19)27(37-36-25)35-28(43)21-12-24(40-14-16(13-34-40)29(44)45)23(11-20(21)26(33)42)39-6-4-38(3)5-7-39/h8-14H,4-7,15H2,1-3H3,(H2,33,42)(H,44,45)(H2,35,36,37,43). The van der Waals surface area contributed by atoms with Gasteiger partial charge in [0.25, 0.3) is 5.91 Å². The topological polar surface area (TPSA) is 200 Å².